The monoisotopic (exact) mass is 679 g/mol. The molecule has 0 fully saturated rings. The average Bonchev–Trinajstić information content (AvgIpc) is 3.36. The fraction of sp³-hybridized carbons (Fsp3) is 0.259. The Kier molecular flexibility index (Phi) is 13.9. The van der Waals surface area contributed by atoms with Crippen LogP contribution in [0.25, 0.3) is 11.0 Å². The third-order valence-corrected chi connectivity index (χ3v) is 9.20. The van der Waals surface area contributed by atoms with Crippen LogP contribution >= 0.6 is 0 Å². The zero-order valence-electron chi connectivity index (χ0n) is 25.4. The van der Waals surface area contributed by atoms with Gasteiger partial charge in [-0.1, -0.05) is 0 Å². The minimum atomic E-state index is -4.57. The van der Waals surface area contributed by atoms with Crippen LogP contribution in [0.2, 0.25) is 0 Å². The molecule has 1 unspecified atom stereocenters. The van der Waals surface area contributed by atoms with Crippen LogP contribution in [0.15, 0.2) is 52.6 Å². The smallest absolute Gasteiger partial charge is 0.341 e. The van der Waals surface area contributed by atoms with E-state index < -0.39 is 50.9 Å². The Morgan fingerprint density at radius 1 is 0.933 bits per heavy atom. The summed E-state index contributed by atoms with van der Waals surface area (Å²) in [5.41, 5.74) is 2.10. The van der Waals surface area contributed by atoms with E-state index in [4.69, 9.17) is 29.2 Å². The maximum absolute atomic E-state index is 14.1. The van der Waals surface area contributed by atoms with Crippen LogP contribution in [0.3, 0.4) is 0 Å². The van der Waals surface area contributed by atoms with Crippen molar-refractivity contribution in [3.05, 3.63) is 59.4 Å². The number of aromatic nitrogens is 3. The average molecular weight is 680 g/mol. The molecular weight excluding hydrogens is 652 g/mol. The normalized spacial score (nSPS) is 11.6. The Balaban J connectivity index is 0.00000353. The minimum Gasteiger partial charge on any atom is -0.497 e. The molecule has 2 radical (unpaired) electrons. The number of fused-ring (bicyclic) bond motifs is 1. The summed E-state index contributed by atoms with van der Waals surface area (Å²) in [7, 11) is -3.69. The molecule has 2 aromatic carbocycles. The van der Waals surface area contributed by atoms with E-state index in [2.05, 4.69) is 9.97 Å². The van der Waals surface area contributed by atoms with Crippen LogP contribution in [-0.2, 0) is 36.2 Å². The third kappa shape index (κ3) is 8.56. The van der Waals surface area contributed by atoms with Gasteiger partial charge >= 0.3 is 11.9 Å². The molecule has 14 nitrogen and oxygen atoms in total. The zero-order chi connectivity index (χ0) is 31.5. The van der Waals surface area contributed by atoms with Crippen molar-refractivity contribution in [1.82, 2.24) is 13.9 Å². The van der Waals surface area contributed by atoms with Crippen molar-refractivity contribution < 1.29 is 51.4 Å². The van der Waals surface area contributed by atoms with Gasteiger partial charge < -0.3 is 29.2 Å². The van der Waals surface area contributed by atoms with E-state index in [1.165, 1.54) is 32.4 Å². The molecule has 0 amide bonds. The van der Waals surface area contributed by atoms with E-state index in [-0.39, 0.29) is 92.6 Å². The molecule has 1 atom stereocenters. The number of ether oxygens (including phenoxy) is 4. The van der Waals surface area contributed by atoms with E-state index in [9.17, 15) is 22.2 Å². The number of methoxy groups -OCH3 is 2. The molecule has 4 rings (SSSR count). The summed E-state index contributed by atoms with van der Waals surface area (Å²) in [6, 6.07) is 7.71. The van der Waals surface area contributed by atoms with Crippen LogP contribution in [0.4, 0.5) is 0 Å². The summed E-state index contributed by atoms with van der Waals surface area (Å²) in [5.74, 6) is -2.44. The van der Waals surface area contributed by atoms with E-state index in [0.29, 0.717) is 22.8 Å². The molecule has 45 heavy (non-hydrogen) atoms. The van der Waals surface area contributed by atoms with Gasteiger partial charge in [-0.05, 0) is 38.1 Å². The molecule has 0 saturated heterocycles. The molecule has 0 bridgehead atoms. The standard InChI is InChI=1S/C27H27N3O11S2.2Na/c1-15-11-28-20(16(2)26(15)39-4)14-42(35)27-29-19-9-17(38-3)5-7-21(19)30(27)43(36,37)18-6-8-22(40-12-24(31)32)23(10-18)41-13-25(33)34;;/h5-11H,12-14H2,1-4H3,(H,31,32)(H,33,34);;. The number of carboxylic acid groups (broad SMARTS) is 2. The second kappa shape index (κ2) is 16.2. The second-order valence-corrected chi connectivity index (χ2v) is 12.2. The molecule has 4 aromatic rings. The van der Waals surface area contributed by atoms with Crippen LogP contribution in [-0.4, -0.2) is 135 Å². The van der Waals surface area contributed by atoms with E-state index >= 15 is 0 Å². The van der Waals surface area contributed by atoms with E-state index in [1.54, 1.807) is 13.1 Å². The van der Waals surface area contributed by atoms with Crippen molar-refractivity contribution in [2.75, 3.05) is 27.4 Å². The summed E-state index contributed by atoms with van der Waals surface area (Å²) >= 11 is 0. The first-order chi connectivity index (χ1) is 20.4. The van der Waals surface area contributed by atoms with Crippen molar-refractivity contribution in [3.8, 4) is 23.0 Å². The molecular formula is C27H27N3Na2O11S2. The molecule has 0 aliphatic heterocycles. The number of carboxylic acids is 2. The second-order valence-electron chi connectivity index (χ2n) is 9.03. The summed E-state index contributed by atoms with van der Waals surface area (Å²) in [6.45, 7) is 1.92. The SMILES string of the molecule is COc1ccc2c(c1)nc(S(=O)Cc1ncc(C)c(OC)c1C)n2S(=O)(=O)c1ccc(OCC(=O)O)c(OCC(=O)O)c1.[Na].[Na]. The predicted molar refractivity (Wildman–Crippen MR) is 163 cm³/mol. The molecule has 18 heteroatoms. The number of hydrogen-bond donors (Lipinski definition) is 2. The first kappa shape index (κ1) is 38.5. The number of aryl methyl sites for hydroxylation is 1. The number of aliphatic carboxylic acids is 2. The van der Waals surface area contributed by atoms with Gasteiger partial charge in [-0.15, -0.1) is 0 Å². The number of nitrogens with zero attached hydrogens (tertiary/aromatic N) is 3. The molecule has 230 valence electrons. The van der Waals surface area contributed by atoms with Gasteiger partial charge in [0.05, 0.1) is 52.4 Å². The van der Waals surface area contributed by atoms with Crippen LogP contribution in [0, 0.1) is 13.8 Å². The van der Waals surface area contributed by atoms with E-state index in [1.807, 2.05) is 6.92 Å². The number of carbonyl (C=O) groups is 2. The maximum Gasteiger partial charge on any atom is 0.341 e. The number of rotatable bonds is 13. The largest absolute Gasteiger partial charge is 0.497 e. The van der Waals surface area contributed by atoms with Gasteiger partial charge in [-0.3, -0.25) is 9.19 Å². The van der Waals surface area contributed by atoms with Crippen molar-refractivity contribution >= 4 is 103 Å². The van der Waals surface area contributed by atoms with Crippen LogP contribution in [0.1, 0.15) is 16.8 Å². The van der Waals surface area contributed by atoms with Gasteiger partial charge in [0.1, 0.15) is 11.5 Å². The summed E-state index contributed by atoms with van der Waals surface area (Å²) in [6.07, 6.45) is 1.57. The molecule has 2 heterocycles. The molecule has 2 aromatic heterocycles. The topological polar surface area (TPSA) is 193 Å². The first-order valence-corrected chi connectivity index (χ1v) is 15.2. The number of hydrogen-bond acceptors (Lipinski definition) is 11. The van der Waals surface area contributed by atoms with Crippen molar-refractivity contribution in [3.63, 3.8) is 0 Å². The summed E-state index contributed by atoms with van der Waals surface area (Å²) < 4.78 is 63.9. The maximum atomic E-state index is 14.1. The quantitative estimate of drug-likeness (QED) is 0.195. The van der Waals surface area contributed by atoms with Crippen molar-refractivity contribution in [1.29, 1.82) is 0 Å². The first-order valence-electron chi connectivity index (χ1n) is 12.4. The molecule has 0 aliphatic carbocycles. The Morgan fingerprint density at radius 3 is 2.18 bits per heavy atom. The number of benzene rings is 2. The van der Waals surface area contributed by atoms with E-state index in [0.717, 1.165) is 27.7 Å². The molecule has 0 aliphatic rings. The summed E-state index contributed by atoms with van der Waals surface area (Å²) in [4.78, 5) is 30.5. The minimum absolute atomic E-state index is 0. The Bertz CT molecular complexity index is 1860. The Hall–Kier alpha value is -2.70. The predicted octanol–water partition coefficient (Wildman–Crippen LogP) is 1.78. The molecule has 2 N–H and O–H groups in total. The van der Waals surface area contributed by atoms with Crippen molar-refractivity contribution in [2.24, 2.45) is 0 Å². The van der Waals surface area contributed by atoms with Gasteiger partial charge in [0.2, 0.25) is 5.16 Å². The summed E-state index contributed by atoms with van der Waals surface area (Å²) in [5, 5.41) is 17.7. The van der Waals surface area contributed by atoms with Gasteiger partial charge in [0.25, 0.3) is 10.0 Å². The molecule has 0 saturated carbocycles. The fourth-order valence-corrected chi connectivity index (χ4v) is 7.25. The molecule has 0 spiro atoms. The van der Waals surface area contributed by atoms with Gasteiger partial charge in [-0.2, -0.15) is 0 Å². The number of pyridine rings is 1. The Labute approximate surface area is 305 Å². The fourth-order valence-electron chi connectivity index (χ4n) is 4.19. The third-order valence-electron chi connectivity index (χ3n) is 6.17. The van der Waals surface area contributed by atoms with Gasteiger partial charge in [0.15, 0.2) is 24.7 Å². The Morgan fingerprint density at radius 2 is 1.58 bits per heavy atom. The zero-order valence-corrected chi connectivity index (χ0v) is 31.0. The van der Waals surface area contributed by atoms with Crippen molar-refractivity contribution in [2.45, 2.75) is 29.7 Å². The van der Waals surface area contributed by atoms with Gasteiger partial charge in [0, 0.05) is 88.6 Å². The van der Waals surface area contributed by atoms with Crippen LogP contribution in [0.5, 0.6) is 23.0 Å². The van der Waals surface area contributed by atoms with Crippen LogP contribution < -0.4 is 18.9 Å². The number of imidazole rings is 1. The van der Waals surface area contributed by atoms with Gasteiger partial charge in [-0.25, -0.2) is 27.0 Å².